The zero-order valence-electron chi connectivity index (χ0n) is 10.8. The molecule has 3 rings (SSSR count). The maximum atomic E-state index is 5.74. The standard InChI is InChI=1S/C15H16BrNOS/c1-10-3-5-19-14(10)9-17-8-12-7-13(16)6-11-2-4-18-15(11)12/h3,5-7,17H,2,4,8-9H2,1H3. The van der Waals surface area contributed by atoms with Crippen LogP contribution >= 0.6 is 27.3 Å². The van der Waals surface area contributed by atoms with Gasteiger partial charge < -0.3 is 10.1 Å². The molecule has 100 valence electrons. The molecule has 0 amide bonds. The highest BCUT2D eigenvalue weighted by atomic mass is 79.9. The van der Waals surface area contributed by atoms with E-state index in [0.717, 1.165) is 36.3 Å². The molecule has 2 heterocycles. The second kappa shape index (κ2) is 5.65. The van der Waals surface area contributed by atoms with Crippen molar-refractivity contribution in [3.05, 3.63) is 49.6 Å². The van der Waals surface area contributed by atoms with Crippen molar-refractivity contribution in [3.63, 3.8) is 0 Å². The molecule has 2 nitrogen and oxygen atoms in total. The summed E-state index contributed by atoms with van der Waals surface area (Å²) in [6.45, 7) is 4.74. The maximum absolute atomic E-state index is 5.74. The van der Waals surface area contributed by atoms with Crippen molar-refractivity contribution in [2.45, 2.75) is 26.4 Å². The minimum Gasteiger partial charge on any atom is -0.493 e. The van der Waals surface area contributed by atoms with Crippen molar-refractivity contribution >= 4 is 27.3 Å². The average molecular weight is 338 g/mol. The van der Waals surface area contributed by atoms with Gasteiger partial charge in [0.15, 0.2) is 0 Å². The molecular formula is C15H16BrNOS. The van der Waals surface area contributed by atoms with Crippen molar-refractivity contribution in [1.29, 1.82) is 0 Å². The smallest absolute Gasteiger partial charge is 0.127 e. The van der Waals surface area contributed by atoms with Crippen LogP contribution in [0, 0.1) is 6.92 Å². The summed E-state index contributed by atoms with van der Waals surface area (Å²) in [5.41, 5.74) is 3.93. The number of thiophene rings is 1. The van der Waals surface area contributed by atoms with E-state index in [2.05, 4.69) is 51.7 Å². The van der Waals surface area contributed by atoms with E-state index in [9.17, 15) is 0 Å². The highest BCUT2D eigenvalue weighted by Gasteiger charge is 2.17. The molecule has 0 fully saturated rings. The van der Waals surface area contributed by atoms with Gasteiger partial charge in [0.1, 0.15) is 5.75 Å². The van der Waals surface area contributed by atoms with Crippen molar-refractivity contribution in [3.8, 4) is 5.75 Å². The molecule has 0 radical (unpaired) electrons. The lowest BCUT2D eigenvalue weighted by Crippen LogP contribution is -2.13. The summed E-state index contributed by atoms with van der Waals surface area (Å²) in [6.07, 6.45) is 1.02. The van der Waals surface area contributed by atoms with Gasteiger partial charge in [-0.2, -0.15) is 0 Å². The van der Waals surface area contributed by atoms with E-state index in [1.165, 1.54) is 21.6 Å². The molecule has 0 bridgehead atoms. The fourth-order valence-electron chi connectivity index (χ4n) is 2.37. The van der Waals surface area contributed by atoms with Crippen LogP contribution in [-0.4, -0.2) is 6.61 Å². The third-order valence-electron chi connectivity index (χ3n) is 3.39. The van der Waals surface area contributed by atoms with Gasteiger partial charge in [-0.3, -0.25) is 0 Å². The van der Waals surface area contributed by atoms with Gasteiger partial charge in [0.2, 0.25) is 0 Å². The van der Waals surface area contributed by atoms with Crippen LogP contribution < -0.4 is 10.1 Å². The van der Waals surface area contributed by atoms with Crippen LogP contribution in [0.2, 0.25) is 0 Å². The lowest BCUT2D eigenvalue weighted by Gasteiger charge is -2.10. The Bertz CT molecular complexity index is 594. The predicted molar refractivity (Wildman–Crippen MR) is 82.9 cm³/mol. The summed E-state index contributed by atoms with van der Waals surface area (Å²) in [7, 11) is 0. The Labute approximate surface area is 125 Å². The molecule has 1 aliphatic heterocycles. The van der Waals surface area contributed by atoms with Crippen LogP contribution in [0.4, 0.5) is 0 Å². The van der Waals surface area contributed by atoms with Crippen molar-refractivity contribution in [1.82, 2.24) is 5.32 Å². The Balaban J connectivity index is 1.69. The molecule has 1 aliphatic rings. The van der Waals surface area contributed by atoms with E-state index < -0.39 is 0 Å². The van der Waals surface area contributed by atoms with E-state index in [-0.39, 0.29) is 0 Å². The van der Waals surface area contributed by atoms with Crippen molar-refractivity contribution in [2.75, 3.05) is 6.61 Å². The molecule has 1 aromatic heterocycles. The number of hydrogen-bond donors (Lipinski definition) is 1. The topological polar surface area (TPSA) is 21.3 Å². The number of benzene rings is 1. The summed E-state index contributed by atoms with van der Waals surface area (Å²) in [5, 5.41) is 5.66. The highest BCUT2D eigenvalue weighted by Crippen LogP contribution is 2.33. The van der Waals surface area contributed by atoms with Crippen LogP contribution in [0.1, 0.15) is 21.6 Å². The second-order valence-electron chi connectivity index (χ2n) is 4.78. The van der Waals surface area contributed by atoms with Gasteiger partial charge in [0.25, 0.3) is 0 Å². The minimum absolute atomic E-state index is 0.808. The number of ether oxygens (including phenoxy) is 1. The van der Waals surface area contributed by atoms with E-state index in [1.54, 1.807) is 0 Å². The van der Waals surface area contributed by atoms with Gasteiger partial charge in [0.05, 0.1) is 6.61 Å². The van der Waals surface area contributed by atoms with E-state index in [0.29, 0.717) is 0 Å². The average Bonchev–Trinajstić information content (AvgIpc) is 2.98. The van der Waals surface area contributed by atoms with Crippen LogP contribution in [0.3, 0.4) is 0 Å². The molecule has 2 aromatic rings. The van der Waals surface area contributed by atoms with E-state index in [4.69, 9.17) is 4.74 Å². The fraction of sp³-hybridized carbons (Fsp3) is 0.333. The molecule has 0 saturated heterocycles. The summed E-state index contributed by atoms with van der Waals surface area (Å²) in [4.78, 5) is 1.41. The van der Waals surface area contributed by atoms with Crippen LogP contribution in [0.15, 0.2) is 28.1 Å². The molecule has 0 unspecified atom stereocenters. The van der Waals surface area contributed by atoms with Crippen molar-refractivity contribution < 1.29 is 4.74 Å². The molecule has 19 heavy (non-hydrogen) atoms. The van der Waals surface area contributed by atoms with E-state index >= 15 is 0 Å². The first kappa shape index (κ1) is 13.2. The third kappa shape index (κ3) is 2.86. The quantitative estimate of drug-likeness (QED) is 0.908. The molecule has 1 aromatic carbocycles. The SMILES string of the molecule is Cc1ccsc1CNCc1cc(Br)cc2c1OCC2. The first-order valence-electron chi connectivity index (χ1n) is 6.42. The summed E-state index contributed by atoms with van der Waals surface area (Å²) in [6, 6.07) is 6.48. The van der Waals surface area contributed by atoms with Crippen LogP contribution in [-0.2, 0) is 19.5 Å². The van der Waals surface area contributed by atoms with Gasteiger partial charge in [-0.05, 0) is 41.6 Å². The van der Waals surface area contributed by atoms with Crippen LogP contribution in [0.5, 0.6) is 5.75 Å². The Morgan fingerprint density at radius 2 is 2.26 bits per heavy atom. The minimum atomic E-state index is 0.808. The third-order valence-corrected chi connectivity index (χ3v) is 4.88. The maximum Gasteiger partial charge on any atom is 0.127 e. The summed E-state index contributed by atoms with van der Waals surface area (Å²) in [5.74, 6) is 1.08. The molecule has 0 spiro atoms. The number of halogens is 1. The normalized spacial score (nSPS) is 13.4. The Kier molecular flexibility index (Phi) is 3.91. The summed E-state index contributed by atoms with van der Waals surface area (Å²) >= 11 is 5.39. The van der Waals surface area contributed by atoms with Gasteiger partial charge in [-0.1, -0.05) is 15.9 Å². The number of fused-ring (bicyclic) bond motifs is 1. The number of rotatable bonds is 4. The Morgan fingerprint density at radius 3 is 3.05 bits per heavy atom. The molecule has 0 saturated carbocycles. The van der Waals surface area contributed by atoms with Gasteiger partial charge >= 0.3 is 0 Å². The lowest BCUT2D eigenvalue weighted by atomic mass is 10.1. The Morgan fingerprint density at radius 1 is 1.37 bits per heavy atom. The first-order valence-corrected chi connectivity index (χ1v) is 8.09. The van der Waals surface area contributed by atoms with E-state index in [1.807, 2.05) is 11.3 Å². The molecule has 0 atom stereocenters. The number of nitrogens with one attached hydrogen (secondary N) is 1. The molecule has 4 heteroatoms. The van der Waals surface area contributed by atoms with Crippen molar-refractivity contribution in [2.24, 2.45) is 0 Å². The molecule has 1 N–H and O–H groups in total. The second-order valence-corrected chi connectivity index (χ2v) is 6.70. The molecular weight excluding hydrogens is 322 g/mol. The number of aryl methyl sites for hydroxylation is 1. The molecule has 0 aliphatic carbocycles. The predicted octanol–water partition coefficient (Wildman–Crippen LogP) is 4.04. The van der Waals surface area contributed by atoms with Gasteiger partial charge in [0, 0.05) is 34.4 Å². The van der Waals surface area contributed by atoms with Gasteiger partial charge in [-0.15, -0.1) is 11.3 Å². The summed E-state index contributed by atoms with van der Waals surface area (Å²) < 4.78 is 6.88. The highest BCUT2D eigenvalue weighted by molar-refractivity contribution is 9.10. The monoisotopic (exact) mass is 337 g/mol. The zero-order chi connectivity index (χ0) is 13.2. The zero-order valence-corrected chi connectivity index (χ0v) is 13.2. The van der Waals surface area contributed by atoms with Crippen LogP contribution in [0.25, 0.3) is 0 Å². The number of hydrogen-bond acceptors (Lipinski definition) is 3. The first-order chi connectivity index (χ1) is 9.24. The largest absolute Gasteiger partial charge is 0.493 e. The van der Waals surface area contributed by atoms with Gasteiger partial charge in [-0.25, -0.2) is 0 Å². The fourth-order valence-corrected chi connectivity index (χ4v) is 3.80. The Hall–Kier alpha value is -0.840. The lowest BCUT2D eigenvalue weighted by molar-refractivity contribution is 0.352.